The van der Waals surface area contributed by atoms with Crippen molar-refractivity contribution in [1.29, 1.82) is 0 Å². The van der Waals surface area contributed by atoms with Crippen molar-refractivity contribution in [3.05, 3.63) is 29.5 Å². The monoisotopic (exact) mass is 363 g/mol. The van der Waals surface area contributed by atoms with Crippen molar-refractivity contribution >= 4 is 36.2 Å². The molecule has 1 aliphatic rings. The van der Waals surface area contributed by atoms with Crippen LogP contribution in [0.1, 0.15) is 26.0 Å². The summed E-state index contributed by atoms with van der Waals surface area (Å²) in [5.74, 6) is 0.725. The van der Waals surface area contributed by atoms with Crippen molar-refractivity contribution in [2.45, 2.75) is 32.9 Å². The summed E-state index contributed by atoms with van der Waals surface area (Å²) in [7, 11) is 0. The summed E-state index contributed by atoms with van der Waals surface area (Å²) in [5.41, 5.74) is 7.34. The molecule has 1 unspecified atom stereocenters. The van der Waals surface area contributed by atoms with E-state index in [0.29, 0.717) is 0 Å². The lowest BCUT2D eigenvalue weighted by atomic mass is 9.80. The third-order valence-corrected chi connectivity index (χ3v) is 4.92. The Hall–Kier alpha value is -0.590. The van der Waals surface area contributed by atoms with Gasteiger partial charge in [0.1, 0.15) is 6.26 Å². The second kappa shape index (κ2) is 7.79. The molecule has 0 spiro atoms. The molecule has 7 heteroatoms. The van der Waals surface area contributed by atoms with E-state index in [4.69, 9.17) is 10.2 Å². The van der Waals surface area contributed by atoms with Crippen LogP contribution in [0.25, 0.3) is 10.8 Å². The zero-order valence-electron chi connectivity index (χ0n) is 12.8. The summed E-state index contributed by atoms with van der Waals surface area (Å²) < 4.78 is 5.57. The van der Waals surface area contributed by atoms with Gasteiger partial charge >= 0.3 is 0 Å². The molecule has 0 aromatic carbocycles. The average molecular weight is 364 g/mol. The van der Waals surface area contributed by atoms with E-state index in [2.05, 4.69) is 23.7 Å². The highest BCUT2D eigenvalue weighted by atomic mass is 35.5. The molecule has 2 aromatic rings. The van der Waals surface area contributed by atoms with E-state index in [1.54, 1.807) is 17.6 Å². The lowest BCUT2D eigenvalue weighted by Crippen LogP contribution is -2.52. The van der Waals surface area contributed by atoms with Crippen molar-refractivity contribution in [3.8, 4) is 10.8 Å². The van der Waals surface area contributed by atoms with Crippen LogP contribution in [0.2, 0.25) is 0 Å². The highest BCUT2D eigenvalue weighted by Crippen LogP contribution is 2.29. The molecule has 124 valence electrons. The van der Waals surface area contributed by atoms with E-state index in [0.717, 1.165) is 42.5 Å². The number of hydrogen-bond acceptors (Lipinski definition) is 5. The van der Waals surface area contributed by atoms with E-state index >= 15 is 0 Å². The molecule has 1 atom stereocenters. The van der Waals surface area contributed by atoms with Gasteiger partial charge in [-0.1, -0.05) is 19.9 Å². The third-order valence-electron chi connectivity index (χ3n) is 4.06. The van der Waals surface area contributed by atoms with Crippen LogP contribution in [0.15, 0.2) is 28.2 Å². The third kappa shape index (κ3) is 4.24. The number of hydrogen-bond donors (Lipinski definition) is 1. The maximum absolute atomic E-state index is 6.18. The van der Waals surface area contributed by atoms with Crippen molar-refractivity contribution in [2.75, 3.05) is 13.1 Å². The van der Waals surface area contributed by atoms with E-state index in [9.17, 15) is 0 Å². The van der Waals surface area contributed by atoms with Crippen LogP contribution in [0.5, 0.6) is 0 Å². The predicted molar refractivity (Wildman–Crippen MR) is 96.0 cm³/mol. The number of piperidine rings is 1. The second-order valence-electron chi connectivity index (χ2n) is 6.22. The molecule has 0 radical (unpaired) electrons. The molecular formula is C15H23Cl2N3OS. The van der Waals surface area contributed by atoms with Gasteiger partial charge < -0.3 is 10.2 Å². The summed E-state index contributed by atoms with van der Waals surface area (Å²) in [5, 5.41) is 2.04. The molecule has 3 rings (SSSR count). The highest BCUT2D eigenvalue weighted by Gasteiger charge is 2.33. The fraction of sp³-hybridized carbons (Fsp3) is 0.533. The molecule has 2 aromatic heterocycles. The molecule has 1 fully saturated rings. The molecule has 22 heavy (non-hydrogen) atoms. The fourth-order valence-electron chi connectivity index (χ4n) is 2.74. The molecule has 2 N–H and O–H groups in total. The van der Waals surface area contributed by atoms with Crippen LogP contribution in [0.4, 0.5) is 0 Å². The number of aromatic nitrogens is 1. The number of rotatable bonds is 3. The molecule has 4 nitrogen and oxygen atoms in total. The first-order chi connectivity index (χ1) is 9.54. The first-order valence-corrected chi connectivity index (χ1v) is 7.89. The molecule has 0 aliphatic carbocycles. The summed E-state index contributed by atoms with van der Waals surface area (Å²) in [6.07, 6.45) is 2.82. The number of halogens is 2. The SMILES string of the molecule is CC1(C)CN(Cc2coc(-c3cccs3)n2)CCC1N.Cl.Cl. The molecule has 1 saturated heterocycles. The second-order valence-corrected chi connectivity index (χ2v) is 7.16. The maximum Gasteiger partial charge on any atom is 0.236 e. The number of thiophene rings is 1. The van der Waals surface area contributed by atoms with Gasteiger partial charge in [0, 0.05) is 25.7 Å². The molecule has 0 amide bonds. The summed E-state index contributed by atoms with van der Waals surface area (Å²) in [4.78, 5) is 8.08. The number of oxazole rings is 1. The maximum atomic E-state index is 6.18. The Morgan fingerprint density at radius 2 is 2.23 bits per heavy atom. The number of nitrogens with two attached hydrogens (primary N) is 1. The van der Waals surface area contributed by atoms with Gasteiger partial charge in [-0.15, -0.1) is 36.2 Å². The predicted octanol–water partition coefficient (Wildman–Crippen LogP) is 3.81. The lowest BCUT2D eigenvalue weighted by molar-refractivity contribution is 0.0889. The highest BCUT2D eigenvalue weighted by molar-refractivity contribution is 7.13. The van der Waals surface area contributed by atoms with Gasteiger partial charge in [0.15, 0.2) is 0 Å². The molecule has 1 aliphatic heterocycles. The molecular weight excluding hydrogens is 341 g/mol. The quantitative estimate of drug-likeness (QED) is 0.900. The first kappa shape index (κ1) is 19.5. The Balaban J connectivity index is 0.00000121. The van der Waals surface area contributed by atoms with Gasteiger partial charge in [0.05, 0.1) is 10.6 Å². The molecule has 0 bridgehead atoms. The Morgan fingerprint density at radius 1 is 1.45 bits per heavy atom. The van der Waals surface area contributed by atoms with Gasteiger partial charge in [-0.25, -0.2) is 4.98 Å². The first-order valence-electron chi connectivity index (χ1n) is 7.01. The normalized spacial score (nSPS) is 21.0. The zero-order chi connectivity index (χ0) is 14.2. The largest absolute Gasteiger partial charge is 0.444 e. The molecule has 3 heterocycles. The van der Waals surface area contributed by atoms with Crippen molar-refractivity contribution in [1.82, 2.24) is 9.88 Å². The minimum atomic E-state index is 0. The lowest BCUT2D eigenvalue weighted by Gasteiger charge is -2.42. The standard InChI is InChI=1S/C15H21N3OS.2ClH/c1-15(2)10-18(6-5-13(15)16)8-11-9-19-14(17-11)12-4-3-7-20-12;;/h3-4,7,9,13H,5-6,8,10,16H2,1-2H3;2*1H. The Labute approximate surface area is 147 Å². The summed E-state index contributed by atoms with van der Waals surface area (Å²) >= 11 is 1.65. The van der Waals surface area contributed by atoms with Crippen LogP contribution in [0.3, 0.4) is 0 Å². The number of likely N-dealkylation sites (tertiary alicyclic amines) is 1. The smallest absolute Gasteiger partial charge is 0.236 e. The zero-order valence-corrected chi connectivity index (χ0v) is 15.3. The van der Waals surface area contributed by atoms with Crippen LogP contribution in [0, 0.1) is 5.41 Å². The Kier molecular flexibility index (Phi) is 6.89. The van der Waals surface area contributed by atoms with Crippen LogP contribution in [-0.4, -0.2) is 29.0 Å². The number of nitrogens with zero attached hydrogens (tertiary/aromatic N) is 2. The van der Waals surface area contributed by atoms with Gasteiger partial charge in [0.2, 0.25) is 5.89 Å². The van der Waals surface area contributed by atoms with Gasteiger partial charge in [0.25, 0.3) is 0 Å². The van der Waals surface area contributed by atoms with Gasteiger partial charge in [-0.05, 0) is 23.3 Å². The van der Waals surface area contributed by atoms with Crippen LogP contribution < -0.4 is 5.73 Å². The summed E-state index contributed by atoms with van der Waals surface area (Å²) in [6, 6.07) is 4.33. The topological polar surface area (TPSA) is 55.3 Å². The average Bonchev–Trinajstić information content (AvgIpc) is 3.03. The molecule has 0 saturated carbocycles. The van der Waals surface area contributed by atoms with Gasteiger partial charge in [-0.2, -0.15) is 0 Å². The van der Waals surface area contributed by atoms with Gasteiger partial charge in [-0.3, -0.25) is 4.90 Å². The van der Waals surface area contributed by atoms with E-state index in [-0.39, 0.29) is 36.3 Å². The Bertz CT molecular complexity index is 571. The van der Waals surface area contributed by atoms with Crippen LogP contribution >= 0.6 is 36.2 Å². The minimum Gasteiger partial charge on any atom is -0.444 e. The minimum absolute atomic E-state index is 0. The fourth-order valence-corrected chi connectivity index (χ4v) is 3.40. The van der Waals surface area contributed by atoms with E-state index in [1.807, 2.05) is 17.5 Å². The Morgan fingerprint density at radius 3 is 2.86 bits per heavy atom. The van der Waals surface area contributed by atoms with E-state index in [1.165, 1.54) is 0 Å². The summed E-state index contributed by atoms with van der Waals surface area (Å²) in [6.45, 7) is 7.36. The van der Waals surface area contributed by atoms with Crippen molar-refractivity contribution < 1.29 is 4.42 Å². The van der Waals surface area contributed by atoms with E-state index < -0.39 is 0 Å². The van der Waals surface area contributed by atoms with Crippen LogP contribution in [-0.2, 0) is 6.54 Å². The van der Waals surface area contributed by atoms with Crippen molar-refractivity contribution in [3.63, 3.8) is 0 Å². The van der Waals surface area contributed by atoms with Crippen molar-refractivity contribution in [2.24, 2.45) is 11.1 Å².